The zero-order valence-electron chi connectivity index (χ0n) is 86.2. The number of rotatable bonds is 70. The van der Waals surface area contributed by atoms with Crippen molar-refractivity contribution in [2.75, 3.05) is 301 Å². The summed E-state index contributed by atoms with van der Waals surface area (Å²) in [7, 11) is 5.49. The molecule has 0 spiro atoms. The van der Waals surface area contributed by atoms with Gasteiger partial charge in [-0.2, -0.15) is 0 Å². The Labute approximate surface area is 857 Å². The van der Waals surface area contributed by atoms with Crippen LogP contribution in [-0.2, 0) is 76.3 Å². The second-order valence-corrected chi connectivity index (χ2v) is 33.7. The van der Waals surface area contributed by atoms with Crippen LogP contribution in [0.4, 0.5) is 0 Å². The van der Waals surface area contributed by atoms with Crippen molar-refractivity contribution in [1.82, 2.24) is 46.2 Å². The van der Waals surface area contributed by atoms with Crippen molar-refractivity contribution in [3.63, 3.8) is 0 Å². The van der Waals surface area contributed by atoms with E-state index in [0.29, 0.717) is 130 Å². The van der Waals surface area contributed by atoms with Crippen LogP contribution >= 0.6 is 21.6 Å². The number of allylic oxidation sites excluding steroid dienone is 2. The third kappa shape index (κ3) is 121. The summed E-state index contributed by atoms with van der Waals surface area (Å²) < 4.78 is 40.5. The SMILES string of the molecule is C1CNCCN1.C=CC(=O)CCCCCCCCC(=O)C=C.C=CC(=O)NCCSSCCNC(=O)C=C.C=CC(=O)OCC(CC)(COC(=O)C=C)COC(=O)c1ccccc1.C=CC(=O)OCCCCCCOC(=O)C=C.CN1CCN(CCCN)CC1.NC(CO)CO.NCC(O)CO.NCCCN1CCCC1.NCCCNCCO.NCCN(CCO)CCO.NCCOCCOCCOCCN. The quantitative estimate of drug-likeness (QED) is 0.0143. The van der Waals surface area contributed by atoms with Crippen molar-refractivity contribution >= 4 is 74.8 Å². The average molecular weight is 2070 g/mol. The summed E-state index contributed by atoms with van der Waals surface area (Å²) in [6.45, 7) is 56.1. The minimum Gasteiger partial charge on any atom is -0.463 e. The molecule has 43 heteroatoms. The van der Waals surface area contributed by atoms with E-state index >= 15 is 0 Å². The van der Waals surface area contributed by atoms with Crippen LogP contribution in [0.5, 0.6) is 0 Å². The van der Waals surface area contributed by atoms with E-state index in [0.717, 1.165) is 172 Å². The molecule has 0 saturated carbocycles. The number of hydrogen-bond donors (Lipinski definition) is 20. The van der Waals surface area contributed by atoms with Gasteiger partial charge in [-0.25, -0.2) is 24.0 Å². The molecule has 1 unspecified atom stereocenters. The Bertz CT molecular complexity index is 2820. The van der Waals surface area contributed by atoms with Crippen LogP contribution in [0.15, 0.2) is 132 Å². The number of aliphatic hydroxyl groups is 7. The number of nitrogens with one attached hydrogen (secondary N) is 5. The molecule has 1 atom stereocenters. The van der Waals surface area contributed by atoms with E-state index < -0.39 is 35.5 Å². The fourth-order valence-electron chi connectivity index (χ4n) is 10.5. The molecule has 41 nitrogen and oxygen atoms in total. The average Bonchev–Trinajstić information content (AvgIpc) is 0.897. The van der Waals surface area contributed by atoms with Gasteiger partial charge in [0.1, 0.15) is 19.8 Å². The predicted octanol–water partition coefficient (Wildman–Crippen LogP) is 1.18. The number of esters is 5. The molecule has 4 rings (SSSR count). The molecule has 28 N–H and O–H groups in total. The van der Waals surface area contributed by atoms with E-state index in [2.05, 4.69) is 101 Å². The Hall–Kier alpha value is -7.53. The standard InChI is InChI=1S/C19H22O6.C14H22O2.C12H18O4.C10H16N2O2S2.C8H19N3.C8H20N2O3.C7H16N2.C6H16N2O2.C5H14N2O.C4H10N2.2C3H9NO2/c1-4-16(20)23-12-19(6-3,13-24-17(21)5-2)14-25-18(22)15-10-8-7-9-11-15;1-3-13(15)11-9-7-5-6-8-10-12-14(16)4-2;1-3-11(13)15-9-7-5-6-8-10-16-12(14)4-2;1-3-9(13)11-5-7-15-16-8-6-12-10(14)4-2;1-10-5-7-11(8-6-10)4-2-3-9;9-1-3-11-5-7-13-8-6-12-4-2-10;8-4-3-7-9-5-1-2-6-9;7-1-2-8(3-5-9)4-6-10;6-2-1-3-7-4-5-8;1-2-6-4-3-5-1;4-3(1-5)2-6;4-1-3(6)2-5/h4-5,7-11H,1-2,6,12-14H2,3H3;3-4H,1-2,5-12H2;3-4H,1-2,5-10H2;3-4H,1-2,5-8H2,(H,11,13)(H,12,14);2-9H2,1H3;1-10H2;1-8H2;9-10H,1-7H2;7-8H,1-6H2;5-6H,1-4H2;2*3,5-6H,1-2,4H2. The molecule has 3 aliphatic rings. The van der Waals surface area contributed by atoms with Crippen LogP contribution in [0.3, 0.4) is 0 Å². The fourth-order valence-corrected chi connectivity index (χ4v) is 12.3. The molecule has 3 fully saturated rings. The molecule has 0 radical (unpaired) electrons. The molecule has 3 heterocycles. The highest BCUT2D eigenvalue weighted by atomic mass is 33.1. The molecule has 828 valence electrons. The van der Waals surface area contributed by atoms with E-state index in [-0.39, 0.29) is 101 Å². The number of aliphatic hydroxyl groups excluding tert-OH is 7. The lowest BCUT2D eigenvalue weighted by molar-refractivity contribution is -0.150. The number of unbranched alkanes of at least 4 members (excludes halogenated alkanes) is 8. The van der Waals surface area contributed by atoms with Crippen molar-refractivity contribution < 1.29 is 117 Å². The van der Waals surface area contributed by atoms with Crippen LogP contribution < -0.4 is 72.5 Å². The Morgan fingerprint density at radius 2 is 0.838 bits per heavy atom. The highest BCUT2D eigenvalue weighted by Gasteiger charge is 2.34. The maximum atomic E-state index is 12.1. The summed E-state index contributed by atoms with van der Waals surface area (Å²) in [5.41, 5.74) is 41.1. The minimum absolute atomic E-state index is 0.0773. The van der Waals surface area contributed by atoms with Gasteiger partial charge in [-0.15, -0.1) is 0 Å². The van der Waals surface area contributed by atoms with Gasteiger partial charge in [0.25, 0.3) is 0 Å². The second-order valence-electron chi connectivity index (χ2n) is 31.0. The number of nitrogens with two attached hydrogens (primary N) is 8. The van der Waals surface area contributed by atoms with Crippen molar-refractivity contribution in [3.05, 3.63) is 137 Å². The lowest BCUT2D eigenvalue weighted by Crippen LogP contribution is -2.44. The molecule has 0 aromatic heterocycles. The smallest absolute Gasteiger partial charge is 0.338 e. The van der Waals surface area contributed by atoms with Gasteiger partial charge >= 0.3 is 29.8 Å². The molecule has 0 aliphatic carbocycles. The van der Waals surface area contributed by atoms with Gasteiger partial charge < -0.3 is 161 Å². The molecule has 1 aromatic carbocycles. The largest absolute Gasteiger partial charge is 0.463 e. The highest BCUT2D eigenvalue weighted by molar-refractivity contribution is 8.76. The fraction of sp³-hybridized carbons (Fsp3) is 0.687. The number of amides is 2. The number of ether oxygens (including phenoxy) is 8. The van der Waals surface area contributed by atoms with Crippen LogP contribution in [0.1, 0.15) is 133 Å². The summed E-state index contributed by atoms with van der Waals surface area (Å²) in [5, 5.41) is 72.5. The third-order valence-electron chi connectivity index (χ3n) is 18.9. The van der Waals surface area contributed by atoms with Gasteiger partial charge in [-0.1, -0.05) is 125 Å². The van der Waals surface area contributed by atoms with E-state index in [4.69, 9.17) is 120 Å². The van der Waals surface area contributed by atoms with Crippen LogP contribution in [0.25, 0.3) is 0 Å². The van der Waals surface area contributed by atoms with Crippen LogP contribution in [0.2, 0.25) is 0 Å². The summed E-state index contributed by atoms with van der Waals surface area (Å²) in [6, 6.07) is 8.04. The molecular formula is C99H191N17O24S2. The van der Waals surface area contributed by atoms with Gasteiger partial charge in [0.05, 0.1) is 116 Å². The first-order valence-corrected chi connectivity index (χ1v) is 51.6. The van der Waals surface area contributed by atoms with Crippen molar-refractivity contribution in [2.24, 2.45) is 51.3 Å². The number of benzene rings is 1. The minimum atomic E-state index is -0.859. The van der Waals surface area contributed by atoms with E-state index in [1.165, 1.54) is 95.9 Å². The number of carbonyl (C=O) groups is 9. The van der Waals surface area contributed by atoms with Gasteiger partial charge in [-0.3, -0.25) is 24.1 Å². The highest BCUT2D eigenvalue weighted by Crippen LogP contribution is 2.25. The molecule has 3 aliphatic heterocycles. The van der Waals surface area contributed by atoms with Crippen molar-refractivity contribution in [2.45, 2.75) is 135 Å². The lowest BCUT2D eigenvalue weighted by atomic mass is 9.88. The van der Waals surface area contributed by atoms with Crippen LogP contribution in [0, 0.1) is 5.41 Å². The number of nitrogens with zero attached hydrogens (tertiary/aromatic N) is 4. The maximum absolute atomic E-state index is 12.1. The summed E-state index contributed by atoms with van der Waals surface area (Å²) >= 11 is 0. The predicted molar refractivity (Wildman–Crippen MR) is 572 cm³/mol. The molecule has 3 saturated heterocycles. The monoisotopic (exact) mass is 2070 g/mol. The number of hydrogen-bond acceptors (Lipinski definition) is 41. The first-order chi connectivity index (χ1) is 68.6. The first kappa shape index (κ1) is 150. The Morgan fingerprint density at radius 1 is 0.444 bits per heavy atom. The molecule has 142 heavy (non-hydrogen) atoms. The molecule has 1 aromatic rings. The van der Waals surface area contributed by atoms with Gasteiger partial charge in [0, 0.05) is 166 Å². The number of carbonyl (C=O) groups excluding carboxylic acids is 9. The number of ketones is 2. The Kier molecular flexibility index (Phi) is 131. The molecule has 0 bridgehead atoms. The summed E-state index contributed by atoms with van der Waals surface area (Å²) in [5.74, 6) is -0.868. The number of likely N-dealkylation sites (N-methyl/N-ethyl adjacent to an activating group) is 1. The van der Waals surface area contributed by atoms with E-state index in [9.17, 15) is 43.2 Å². The first-order valence-electron chi connectivity index (χ1n) is 49.1. The number of likely N-dealkylation sites (tertiary alicyclic amines) is 1. The zero-order chi connectivity index (χ0) is 108. The van der Waals surface area contributed by atoms with E-state index in [1.54, 1.807) is 51.9 Å². The summed E-state index contributed by atoms with van der Waals surface area (Å²) in [6.07, 6.45) is 26.6. The third-order valence-corrected chi connectivity index (χ3v) is 21.3. The Balaban J connectivity index is -0.000000235. The number of piperazine rings is 2. The normalized spacial score (nSPS) is 12.4. The second kappa shape index (κ2) is 124. The summed E-state index contributed by atoms with van der Waals surface area (Å²) in [4.78, 5) is 109. The molecule has 2 amide bonds. The van der Waals surface area contributed by atoms with Crippen molar-refractivity contribution in [1.29, 1.82) is 0 Å². The van der Waals surface area contributed by atoms with Crippen LogP contribution in [-0.4, -0.2) is 422 Å². The Morgan fingerprint density at radius 3 is 1.17 bits per heavy atom. The van der Waals surface area contributed by atoms with E-state index in [1.807, 2.05) is 11.8 Å². The van der Waals surface area contributed by atoms with Crippen molar-refractivity contribution in [3.8, 4) is 0 Å². The van der Waals surface area contributed by atoms with Gasteiger partial charge in [0.2, 0.25) is 11.8 Å². The lowest BCUT2D eigenvalue weighted by Gasteiger charge is -2.32. The zero-order valence-corrected chi connectivity index (χ0v) is 87.8. The molecular weight excluding hydrogens is 1880 g/mol. The van der Waals surface area contributed by atoms with Gasteiger partial charge in [0.15, 0.2) is 11.6 Å². The maximum Gasteiger partial charge on any atom is 0.338 e. The van der Waals surface area contributed by atoms with Gasteiger partial charge in [-0.05, 0) is 173 Å². The topological polar surface area (TPSA) is 650 Å².